The molecule has 2 nitrogen and oxygen atoms in total. The van der Waals surface area contributed by atoms with Gasteiger partial charge >= 0.3 is 0 Å². The molecule has 4 aliphatic rings. The molecule has 0 aromatic heterocycles. The molecule has 3 fully saturated rings. The van der Waals surface area contributed by atoms with Gasteiger partial charge in [0.15, 0.2) is 0 Å². The van der Waals surface area contributed by atoms with Crippen molar-refractivity contribution in [3.05, 3.63) is 11.6 Å². The molecule has 8 atom stereocenters. The Morgan fingerprint density at radius 1 is 1.08 bits per heavy atom. The first-order valence-electron chi connectivity index (χ1n) is 10.8. The zero-order valence-corrected chi connectivity index (χ0v) is 17.1. The minimum Gasteiger partial charge on any atom is -0.393 e. The molecule has 25 heavy (non-hydrogen) atoms. The standard InChI is InChI=1S/C23H39NO/c1-15(24(4)5)19-8-9-20-18-7-6-16-14-17(25)10-12-22(16,2)21(18)11-13-23(19,20)3/h6,15,17-21,25H,7-14H2,1-5H3/t15-,17-,18+,19+,20+,21+,22-,23+/m0/s1. The van der Waals surface area contributed by atoms with Gasteiger partial charge in [0, 0.05) is 6.04 Å². The summed E-state index contributed by atoms with van der Waals surface area (Å²) in [6, 6.07) is 0.696. The Morgan fingerprint density at radius 2 is 1.84 bits per heavy atom. The van der Waals surface area contributed by atoms with Gasteiger partial charge in [-0.1, -0.05) is 25.5 Å². The van der Waals surface area contributed by atoms with Gasteiger partial charge in [0.2, 0.25) is 0 Å². The van der Waals surface area contributed by atoms with Gasteiger partial charge in [-0.2, -0.15) is 0 Å². The lowest BCUT2D eigenvalue weighted by Crippen LogP contribution is -2.52. The minimum absolute atomic E-state index is 0.0819. The molecule has 3 saturated carbocycles. The lowest BCUT2D eigenvalue weighted by Gasteiger charge is -2.58. The number of allylic oxidation sites excluding steroid dienone is 1. The van der Waals surface area contributed by atoms with Gasteiger partial charge in [-0.25, -0.2) is 0 Å². The molecule has 0 aliphatic heterocycles. The minimum atomic E-state index is -0.0819. The number of hydrogen-bond donors (Lipinski definition) is 1. The van der Waals surface area contributed by atoms with Crippen LogP contribution in [0.4, 0.5) is 0 Å². The van der Waals surface area contributed by atoms with E-state index in [1.54, 1.807) is 5.57 Å². The van der Waals surface area contributed by atoms with E-state index in [-0.39, 0.29) is 6.10 Å². The van der Waals surface area contributed by atoms with E-state index in [1.165, 1.54) is 38.5 Å². The molecule has 0 saturated heterocycles. The van der Waals surface area contributed by atoms with Crippen LogP contribution in [-0.4, -0.2) is 36.2 Å². The Kier molecular flexibility index (Phi) is 4.40. The van der Waals surface area contributed by atoms with Gasteiger partial charge < -0.3 is 10.0 Å². The highest BCUT2D eigenvalue weighted by Gasteiger charge is 2.59. The van der Waals surface area contributed by atoms with Crippen LogP contribution < -0.4 is 0 Å². The van der Waals surface area contributed by atoms with Crippen molar-refractivity contribution in [3.8, 4) is 0 Å². The monoisotopic (exact) mass is 345 g/mol. The van der Waals surface area contributed by atoms with E-state index in [2.05, 4.69) is 45.8 Å². The van der Waals surface area contributed by atoms with Crippen LogP contribution in [0.15, 0.2) is 11.6 Å². The second-order valence-electron chi connectivity index (χ2n) is 10.6. The number of fused-ring (bicyclic) bond motifs is 5. The fourth-order valence-corrected chi connectivity index (χ4v) is 7.83. The van der Waals surface area contributed by atoms with E-state index >= 15 is 0 Å². The summed E-state index contributed by atoms with van der Waals surface area (Å²) >= 11 is 0. The summed E-state index contributed by atoms with van der Waals surface area (Å²) in [5, 5.41) is 10.2. The summed E-state index contributed by atoms with van der Waals surface area (Å²) in [5.74, 6) is 3.54. The van der Waals surface area contributed by atoms with Crippen LogP contribution in [0.2, 0.25) is 0 Å². The van der Waals surface area contributed by atoms with E-state index in [0.29, 0.717) is 16.9 Å². The second-order valence-corrected chi connectivity index (χ2v) is 10.6. The number of aliphatic hydroxyl groups excluding tert-OH is 1. The summed E-state index contributed by atoms with van der Waals surface area (Å²) < 4.78 is 0. The molecule has 4 aliphatic carbocycles. The van der Waals surface area contributed by atoms with Gasteiger partial charge in [0.25, 0.3) is 0 Å². The summed E-state index contributed by atoms with van der Waals surface area (Å²) in [4.78, 5) is 2.45. The molecule has 1 N–H and O–H groups in total. The molecule has 0 aromatic rings. The molecule has 0 unspecified atom stereocenters. The average Bonchev–Trinajstić information content (AvgIpc) is 2.92. The molecule has 0 radical (unpaired) electrons. The fraction of sp³-hybridized carbons (Fsp3) is 0.913. The lowest BCUT2D eigenvalue weighted by molar-refractivity contribution is -0.0586. The van der Waals surface area contributed by atoms with Crippen LogP contribution >= 0.6 is 0 Å². The molecule has 142 valence electrons. The predicted molar refractivity (Wildman–Crippen MR) is 104 cm³/mol. The van der Waals surface area contributed by atoms with Crippen LogP contribution in [0, 0.1) is 34.5 Å². The zero-order chi connectivity index (χ0) is 18.0. The highest BCUT2D eigenvalue weighted by atomic mass is 16.3. The molecular formula is C23H39NO. The Bertz CT molecular complexity index is 554. The topological polar surface area (TPSA) is 23.5 Å². The number of hydrogen-bond acceptors (Lipinski definition) is 2. The molecule has 0 spiro atoms. The van der Waals surface area contributed by atoms with Crippen LogP contribution in [-0.2, 0) is 0 Å². The molecule has 0 aromatic carbocycles. The van der Waals surface area contributed by atoms with Crippen molar-refractivity contribution in [1.29, 1.82) is 0 Å². The normalized spacial score (nSPS) is 50.7. The summed E-state index contributed by atoms with van der Waals surface area (Å²) in [5.41, 5.74) is 2.53. The quantitative estimate of drug-likeness (QED) is 0.721. The van der Waals surface area contributed by atoms with E-state index in [1.807, 2.05) is 0 Å². The number of nitrogens with zero attached hydrogens (tertiary/aromatic N) is 1. The van der Waals surface area contributed by atoms with Crippen molar-refractivity contribution in [1.82, 2.24) is 4.90 Å². The van der Waals surface area contributed by atoms with Gasteiger partial charge in [-0.3, -0.25) is 0 Å². The van der Waals surface area contributed by atoms with E-state index in [0.717, 1.165) is 36.5 Å². The number of aliphatic hydroxyl groups is 1. The van der Waals surface area contributed by atoms with Crippen LogP contribution in [0.1, 0.15) is 72.1 Å². The van der Waals surface area contributed by atoms with Crippen molar-refractivity contribution in [2.24, 2.45) is 34.5 Å². The molecular weight excluding hydrogens is 306 g/mol. The Balaban J connectivity index is 1.62. The first-order chi connectivity index (χ1) is 11.8. The van der Waals surface area contributed by atoms with Gasteiger partial charge in [0.05, 0.1) is 6.10 Å². The zero-order valence-electron chi connectivity index (χ0n) is 17.1. The van der Waals surface area contributed by atoms with Gasteiger partial charge in [0.1, 0.15) is 0 Å². The maximum Gasteiger partial charge on any atom is 0.0577 e. The largest absolute Gasteiger partial charge is 0.393 e. The van der Waals surface area contributed by atoms with E-state index in [9.17, 15) is 5.11 Å². The SMILES string of the molecule is C[C@@H]([C@H]1CC[C@@H]2[C@H]3CC=C4C[C@@H](O)CC[C@]4(C)[C@@H]3CC[C@@]21C)N(C)C. The first-order valence-corrected chi connectivity index (χ1v) is 10.8. The Labute approximate surface area is 155 Å². The maximum absolute atomic E-state index is 10.2. The lowest BCUT2D eigenvalue weighted by atomic mass is 9.47. The predicted octanol–water partition coefficient (Wildman–Crippen LogP) is 4.88. The summed E-state index contributed by atoms with van der Waals surface area (Å²) in [6.07, 6.45) is 12.7. The number of rotatable bonds is 2. The molecule has 4 rings (SSSR count). The van der Waals surface area contributed by atoms with Gasteiger partial charge in [-0.05, 0) is 107 Å². The third-order valence-electron chi connectivity index (χ3n) is 9.55. The molecule has 2 heteroatoms. The van der Waals surface area contributed by atoms with Crippen molar-refractivity contribution < 1.29 is 5.11 Å². The van der Waals surface area contributed by atoms with Crippen molar-refractivity contribution >= 4 is 0 Å². The second kappa shape index (κ2) is 6.09. The average molecular weight is 346 g/mol. The third-order valence-corrected chi connectivity index (χ3v) is 9.55. The van der Waals surface area contributed by atoms with E-state index in [4.69, 9.17) is 0 Å². The first kappa shape index (κ1) is 18.0. The smallest absolute Gasteiger partial charge is 0.0577 e. The highest BCUT2D eigenvalue weighted by Crippen LogP contribution is 2.66. The summed E-state index contributed by atoms with van der Waals surface area (Å²) in [7, 11) is 4.52. The van der Waals surface area contributed by atoms with Crippen LogP contribution in [0.3, 0.4) is 0 Å². The Hall–Kier alpha value is -0.340. The molecule has 0 heterocycles. The van der Waals surface area contributed by atoms with Crippen molar-refractivity contribution in [2.45, 2.75) is 84.3 Å². The van der Waals surface area contributed by atoms with Crippen molar-refractivity contribution in [2.75, 3.05) is 14.1 Å². The molecule has 0 amide bonds. The van der Waals surface area contributed by atoms with Crippen LogP contribution in [0.5, 0.6) is 0 Å². The summed E-state index contributed by atoms with van der Waals surface area (Å²) in [6.45, 7) is 7.63. The van der Waals surface area contributed by atoms with Crippen LogP contribution in [0.25, 0.3) is 0 Å². The fourth-order valence-electron chi connectivity index (χ4n) is 7.83. The Morgan fingerprint density at radius 3 is 2.56 bits per heavy atom. The maximum atomic E-state index is 10.2. The van der Waals surface area contributed by atoms with Gasteiger partial charge in [-0.15, -0.1) is 0 Å². The van der Waals surface area contributed by atoms with Crippen molar-refractivity contribution in [3.63, 3.8) is 0 Å². The third kappa shape index (κ3) is 2.57. The highest BCUT2D eigenvalue weighted by molar-refractivity contribution is 5.25. The molecule has 0 bridgehead atoms. The van der Waals surface area contributed by atoms with E-state index < -0.39 is 0 Å².